The molecule has 0 spiro atoms. The van der Waals surface area contributed by atoms with Crippen molar-refractivity contribution < 1.29 is 40.0 Å². The molecule has 36 heavy (non-hydrogen) atoms. The van der Waals surface area contributed by atoms with E-state index in [0.717, 1.165) is 11.1 Å². The van der Waals surface area contributed by atoms with Crippen molar-refractivity contribution in [1.82, 2.24) is 0 Å². The number of carbonyl (C=O) groups is 1. The molecule has 2 N–H and O–H groups in total. The molecule has 0 saturated carbocycles. The quantitative estimate of drug-likeness (QED) is 0.336. The fourth-order valence-electron chi connectivity index (χ4n) is 3.89. The normalized spacial score (nSPS) is 18.5. The first-order chi connectivity index (χ1) is 16.8. The van der Waals surface area contributed by atoms with Gasteiger partial charge in [0.05, 0.1) is 12.4 Å². The summed E-state index contributed by atoms with van der Waals surface area (Å²) in [7, 11) is -4.22. The van der Waals surface area contributed by atoms with Crippen LogP contribution in [0.25, 0.3) is 0 Å². The molecule has 0 heterocycles. The van der Waals surface area contributed by atoms with Crippen molar-refractivity contribution in [3.05, 3.63) is 59.7 Å². The number of fused-ring (bicyclic) bond motifs is 1. The van der Waals surface area contributed by atoms with E-state index in [9.17, 15) is 26.4 Å². The van der Waals surface area contributed by atoms with E-state index in [1.807, 2.05) is 38.1 Å². The van der Waals surface area contributed by atoms with E-state index in [-0.39, 0.29) is 24.2 Å². The van der Waals surface area contributed by atoms with Crippen LogP contribution in [0, 0.1) is 11.8 Å². The van der Waals surface area contributed by atoms with E-state index in [1.54, 1.807) is 6.07 Å². The zero-order valence-corrected chi connectivity index (χ0v) is 20.8. The Kier molecular flexibility index (Phi) is 8.89. The van der Waals surface area contributed by atoms with Gasteiger partial charge in [0.25, 0.3) is 0 Å². The highest BCUT2D eigenvalue weighted by molar-refractivity contribution is 7.87. The molecule has 7 nitrogen and oxygen atoms in total. The summed E-state index contributed by atoms with van der Waals surface area (Å²) >= 11 is 0. The number of benzene rings is 2. The van der Waals surface area contributed by atoms with Crippen molar-refractivity contribution in [1.29, 1.82) is 0 Å². The molecule has 0 radical (unpaired) electrons. The van der Waals surface area contributed by atoms with E-state index in [2.05, 4.69) is 0 Å². The molecule has 0 saturated heterocycles. The Morgan fingerprint density at radius 1 is 1.11 bits per heavy atom. The maximum absolute atomic E-state index is 12.3. The largest absolute Gasteiger partial charge is 0.485 e. The summed E-state index contributed by atoms with van der Waals surface area (Å²) in [5.41, 5.74) is 7.83. The van der Waals surface area contributed by atoms with Gasteiger partial charge in [-0.25, -0.2) is 0 Å². The van der Waals surface area contributed by atoms with Gasteiger partial charge in [0.2, 0.25) is 0 Å². The van der Waals surface area contributed by atoms with Gasteiger partial charge in [0.1, 0.15) is 23.6 Å². The van der Waals surface area contributed by atoms with Gasteiger partial charge < -0.3 is 19.4 Å². The van der Waals surface area contributed by atoms with Crippen LogP contribution in [0.2, 0.25) is 0 Å². The van der Waals surface area contributed by atoms with Crippen molar-refractivity contribution >= 4 is 16.1 Å². The third-order valence-corrected chi connectivity index (χ3v) is 7.08. The lowest BCUT2D eigenvalue weighted by atomic mass is 10.0. The van der Waals surface area contributed by atoms with E-state index in [0.29, 0.717) is 12.2 Å². The standard InChI is InChI=1S/C25H30F3NO6S/c1-16(2)22(29)24(30)33-15-18-13-17-7-3-4-10-21(17)23(18)34-19-8-5-9-20(14-19)35-36(31,32)12-6-11-25(26,27)28/h3-5,7-10,14,16,18,22-23H,6,11-13,15,29H2,1-2H3/t18?,22-,23+/m0/s1. The van der Waals surface area contributed by atoms with Crippen molar-refractivity contribution in [3.63, 3.8) is 0 Å². The van der Waals surface area contributed by atoms with Crippen molar-refractivity contribution in [2.24, 2.45) is 17.6 Å². The molecule has 0 bridgehead atoms. The molecule has 2 aromatic carbocycles. The first-order valence-corrected chi connectivity index (χ1v) is 13.2. The minimum atomic E-state index is -4.44. The van der Waals surface area contributed by atoms with Gasteiger partial charge >= 0.3 is 22.3 Å². The van der Waals surface area contributed by atoms with Crippen LogP contribution in [0.5, 0.6) is 11.5 Å². The van der Waals surface area contributed by atoms with Crippen molar-refractivity contribution in [2.45, 2.75) is 51.4 Å². The molecule has 1 aliphatic rings. The van der Waals surface area contributed by atoms with Crippen LogP contribution in [-0.4, -0.2) is 39.0 Å². The number of carbonyl (C=O) groups excluding carboxylic acids is 1. The average Bonchev–Trinajstić information content (AvgIpc) is 3.13. The highest BCUT2D eigenvalue weighted by Crippen LogP contribution is 2.40. The van der Waals surface area contributed by atoms with Crippen molar-refractivity contribution in [3.8, 4) is 11.5 Å². The molecule has 1 unspecified atom stereocenters. The number of nitrogens with two attached hydrogens (primary N) is 1. The van der Waals surface area contributed by atoms with Gasteiger partial charge in [0.15, 0.2) is 0 Å². The molecular weight excluding hydrogens is 499 g/mol. The summed E-state index contributed by atoms with van der Waals surface area (Å²) in [6.45, 7) is 3.74. The van der Waals surface area contributed by atoms with Gasteiger partial charge in [-0.2, -0.15) is 21.6 Å². The fraction of sp³-hybridized carbons (Fsp3) is 0.480. The molecule has 1 aliphatic carbocycles. The number of rotatable bonds is 11. The molecule has 2 aromatic rings. The Balaban J connectivity index is 1.70. The third kappa shape index (κ3) is 7.86. The summed E-state index contributed by atoms with van der Waals surface area (Å²) in [6, 6.07) is 12.8. The van der Waals surface area contributed by atoms with E-state index in [4.69, 9.17) is 19.4 Å². The van der Waals surface area contributed by atoms with E-state index in [1.165, 1.54) is 18.2 Å². The van der Waals surface area contributed by atoms with Crippen LogP contribution in [0.15, 0.2) is 48.5 Å². The molecular formula is C25H30F3NO6S. The van der Waals surface area contributed by atoms with Crippen LogP contribution in [0.3, 0.4) is 0 Å². The molecule has 3 atom stereocenters. The Morgan fingerprint density at radius 2 is 1.81 bits per heavy atom. The minimum Gasteiger partial charge on any atom is -0.485 e. The van der Waals surface area contributed by atoms with Crippen LogP contribution in [0.4, 0.5) is 13.2 Å². The number of ether oxygens (including phenoxy) is 2. The Bertz CT molecular complexity index is 1150. The predicted octanol–water partition coefficient (Wildman–Crippen LogP) is 4.56. The predicted molar refractivity (Wildman–Crippen MR) is 127 cm³/mol. The first kappa shape index (κ1) is 27.8. The second-order valence-electron chi connectivity index (χ2n) is 9.14. The number of halogens is 3. The van der Waals surface area contributed by atoms with Gasteiger partial charge in [-0.05, 0) is 42.0 Å². The summed E-state index contributed by atoms with van der Waals surface area (Å²) in [6.07, 6.45) is -6.13. The average molecular weight is 530 g/mol. The SMILES string of the molecule is CC(C)[C@H](N)C(=O)OCC1Cc2ccccc2[C@@H]1Oc1cccc(OS(=O)(=O)CCCC(F)(F)F)c1. The van der Waals surface area contributed by atoms with Crippen LogP contribution in [-0.2, 0) is 26.1 Å². The second kappa shape index (κ2) is 11.5. The topological polar surface area (TPSA) is 105 Å². The molecule has 3 rings (SSSR count). The number of alkyl halides is 3. The minimum absolute atomic E-state index is 0.0715. The Hall–Kier alpha value is -2.79. The second-order valence-corrected chi connectivity index (χ2v) is 10.8. The lowest BCUT2D eigenvalue weighted by Crippen LogP contribution is -2.38. The summed E-state index contributed by atoms with van der Waals surface area (Å²) < 4.78 is 77.9. The van der Waals surface area contributed by atoms with Gasteiger partial charge in [-0.15, -0.1) is 0 Å². The van der Waals surface area contributed by atoms with Gasteiger partial charge in [-0.3, -0.25) is 4.79 Å². The van der Waals surface area contributed by atoms with Gasteiger partial charge in [0, 0.05) is 18.4 Å². The third-order valence-electron chi connectivity index (χ3n) is 5.85. The molecule has 0 fully saturated rings. The summed E-state index contributed by atoms with van der Waals surface area (Å²) in [4.78, 5) is 12.3. The highest BCUT2D eigenvalue weighted by Gasteiger charge is 2.36. The van der Waals surface area contributed by atoms with Crippen LogP contribution >= 0.6 is 0 Å². The zero-order chi connectivity index (χ0) is 26.5. The monoisotopic (exact) mass is 529 g/mol. The van der Waals surface area contributed by atoms with Crippen molar-refractivity contribution in [2.75, 3.05) is 12.4 Å². The fourth-order valence-corrected chi connectivity index (χ4v) is 4.87. The Morgan fingerprint density at radius 3 is 2.50 bits per heavy atom. The lowest BCUT2D eigenvalue weighted by molar-refractivity contribution is -0.148. The summed E-state index contributed by atoms with van der Waals surface area (Å²) in [5, 5.41) is 0. The number of hydrogen-bond donors (Lipinski definition) is 1. The lowest BCUT2D eigenvalue weighted by Gasteiger charge is -2.23. The maximum atomic E-state index is 12.3. The molecule has 0 aliphatic heterocycles. The zero-order valence-electron chi connectivity index (χ0n) is 20.0. The highest BCUT2D eigenvalue weighted by atomic mass is 32.2. The first-order valence-electron chi connectivity index (χ1n) is 11.6. The molecule has 0 amide bonds. The maximum Gasteiger partial charge on any atom is 0.389 e. The van der Waals surface area contributed by atoms with E-state index < -0.39 is 53.0 Å². The van der Waals surface area contributed by atoms with Gasteiger partial charge in [-0.1, -0.05) is 44.2 Å². The molecule has 0 aromatic heterocycles. The smallest absolute Gasteiger partial charge is 0.389 e. The summed E-state index contributed by atoms with van der Waals surface area (Å²) in [5.74, 6) is -1.31. The van der Waals surface area contributed by atoms with E-state index >= 15 is 0 Å². The van der Waals surface area contributed by atoms with Crippen LogP contribution < -0.4 is 14.7 Å². The molecule has 11 heteroatoms. The number of esters is 1. The van der Waals surface area contributed by atoms with Crippen LogP contribution in [0.1, 0.15) is 43.9 Å². The Labute approximate surface area is 208 Å². The molecule has 198 valence electrons. The number of hydrogen-bond acceptors (Lipinski definition) is 7.